The minimum Gasteiger partial charge on any atom is -0.495 e. The lowest BCUT2D eigenvalue weighted by Gasteiger charge is -2.25. The van der Waals surface area contributed by atoms with Crippen LogP contribution in [0.1, 0.15) is 38.3 Å². The van der Waals surface area contributed by atoms with E-state index in [0.717, 1.165) is 5.56 Å². The van der Waals surface area contributed by atoms with Crippen LogP contribution >= 0.6 is 0 Å². The molecule has 1 heterocycles. The maximum Gasteiger partial charge on any atom is 0.335 e. The van der Waals surface area contributed by atoms with Gasteiger partial charge < -0.3 is 40.0 Å². The summed E-state index contributed by atoms with van der Waals surface area (Å²) >= 11 is 0. The Bertz CT molecular complexity index is 1790. The average molecular weight is 654 g/mol. The first-order valence-electron chi connectivity index (χ1n) is 15.2. The van der Waals surface area contributed by atoms with E-state index in [-0.39, 0.29) is 48.8 Å². The first kappa shape index (κ1) is 33.3. The molecule has 4 N–H and O–H groups in total. The summed E-state index contributed by atoms with van der Waals surface area (Å²) in [6.07, 6.45) is 0.0954. The number of rotatable bonds is 12. The second kappa shape index (κ2) is 15.0. The molecular formula is C36H35N3O9. The Hall–Kier alpha value is -6.04. The van der Waals surface area contributed by atoms with E-state index < -0.39 is 18.0 Å². The largest absolute Gasteiger partial charge is 0.495 e. The molecule has 0 aliphatic carbocycles. The summed E-state index contributed by atoms with van der Waals surface area (Å²) in [5.41, 5.74) is 2.96. The van der Waals surface area contributed by atoms with Crippen molar-refractivity contribution in [3.8, 4) is 17.2 Å². The summed E-state index contributed by atoms with van der Waals surface area (Å²) in [4.78, 5) is 50.6. The molecule has 12 heteroatoms. The van der Waals surface area contributed by atoms with Gasteiger partial charge in [-0.15, -0.1) is 0 Å². The van der Waals surface area contributed by atoms with Gasteiger partial charge in [-0.3, -0.25) is 4.79 Å². The van der Waals surface area contributed by atoms with Crippen LogP contribution in [-0.4, -0.2) is 71.4 Å². The highest BCUT2D eigenvalue weighted by molar-refractivity contribution is 6.01. The molecule has 48 heavy (non-hydrogen) atoms. The Morgan fingerprint density at radius 2 is 1.44 bits per heavy atom. The normalized spacial score (nSPS) is 15.3. The van der Waals surface area contributed by atoms with Crippen LogP contribution in [0.4, 0.5) is 16.2 Å². The van der Waals surface area contributed by atoms with Crippen molar-refractivity contribution >= 4 is 35.3 Å². The zero-order chi connectivity index (χ0) is 34.2. The molecule has 0 spiro atoms. The second-order valence-corrected chi connectivity index (χ2v) is 11.3. The van der Waals surface area contributed by atoms with Crippen molar-refractivity contribution in [3.05, 3.63) is 113 Å². The van der Waals surface area contributed by atoms with Crippen molar-refractivity contribution in [2.45, 2.75) is 31.9 Å². The number of methoxy groups -OCH3 is 1. The fourth-order valence-corrected chi connectivity index (χ4v) is 5.39. The molecule has 248 valence electrons. The quantitative estimate of drug-likeness (QED) is 0.150. The molecule has 5 rings (SSSR count). The van der Waals surface area contributed by atoms with Crippen molar-refractivity contribution < 1.29 is 43.6 Å². The number of likely N-dealkylation sites (tertiary alicyclic amines) is 1. The average Bonchev–Trinajstić information content (AvgIpc) is 3.48. The standard InChI is InChI=1S/C36H35N3O9/c1-22-5-3-4-6-30(22)37-36(45)38-31-16-7-23(17-32(31)46-2)18-33(40)39-20-29(48-28-14-10-25(11-15-28)35(43)44)19-26(39)21-47-27-12-8-24(9-13-27)34(41)42/h3-17,26,29H,18-21H2,1-2H3,(H,41,42)(H,43,44)(H2,37,38,45)/t26-,29-/m0/s1. The summed E-state index contributed by atoms with van der Waals surface area (Å²) in [5.74, 6) is -0.951. The summed E-state index contributed by atoms with van der Waals surface area (Å²) in [5, 5.41) is 24.0. The predicted octanol–water partition coefficient (Wildman–Crippen LogP) is 5.71. The van der Waals surface area contributed by atoms with E-state index in [4.69, 9.17) is 14.2 Å². The van der Waals surface area contributed by atoms with Gasteiger partial charge >= 0.3 is 18.0 Å². The number of aryl methyl sites for hydroxylation is 1. The fourth-order valence-electron chi connectivity index (χ4n) is 5.39. The Labute approximate surface area is 276 Å². The first-order valence-corrected chi connectivity index (χ1v) is 15.2. The molecule has 3 amide bonds. The molecule has 0 unspecified atom stereocenters. The Kier molecular flexibility index (Phi) is 10.4. The van der Waals surface area contributed by atoms with Gasteiger partial charge in [-0.1, -0.05) is 24.3 Å². The third kappa shape index (κ3) is 8.40. The number of carboxylic acid groups (broad SMARTS) is 2. The van der Waals surface area contributed by atoms with E-state index in [1.165, 1.54) is 31.4 Å². The molecular weight excluding hydrogens is 618 g/mol. The highest BCUT2D eigenvalue weighted by Crippen LogP contribution is 2.29. The third-order valence-corrected chi connectivity index (χ3v) is 7.91. The predicted molar refractivity (Wildman–Crippen MR) is 177 cm³/mol. The summed E-state index contributed by atoms with van der Waals surface area (Å²) in [6, 6.07) is 23.8. The molecule has 12 nitrogen and oxygen atoms in total. The van der Waals surface area contributed by atoms with E-state index in [2.05, 4.69) is 10.6 Å². The number of urea groups is 1. The number of ether oxygens (including phenoxy) is 3. The second-order valence-electron chi connectivity index (χ2n) is 11.3. The number of benzene rings is 4. The number of para-hydroxylation sites is 1. The van der Waals surface area contributed by atoms with Crippen molar-refractivity contribution in [2.24, 2.45) is 0 Å². The first-order chi connectivity index (χ1) is 23.1. The van der Waals surface area contributed by atoms with Gasteiger partial charge in [-0.05, 0) is 84.8 Å². The lowest BCUT2D eigenvalue weighted by molar-refractivity contribution is -0.132. The van der Waals surface area contributed by atoms with Gasteiger partial charge in [0.25, 0.3) is 0 Å². The number of nitrogens with one attached hydrogen (secondary N) is 2. The van der Waals surface area contributed by atoms with Gasteiger partial charge in [0.05, 0.1) is 42.9 Å². The number of anilines is 2. The molecule has 4 aromatic carbocycles. The SMILES string of the molecule is COc1cc(CC(=O)N2C[C@@H](Oc3ccc(C(=O)O)cc3)C[C@H]2COc2ccc(C(=O)O)cc2)ccc1NC(=O)Nc1ccccc1C. The van der Waals surface area contributed by atoms with Gasteiger partial charge in [0, 0.05) is 12.1 Å². The van der Waals surface area contributed by atoms with Crippen molar-refractivity contribution in [1.82, 2.24) is 4.90 Å². The number of amides is 3. The molecule has 0 saturated carbocycles. The number of nitrogens with zero attached hydrogens (tertiary/aromatic N) is 1. The van der Waals surface area contributed by atoms with Crippen LogP contribution in [0.2, 0.25) is 0 Å². The molecule has 4 aromatic rings. The number of hydrogen-bond acceptors (Lipinski definition) is 7. The van der Waals surface area contributed by atoms with E-state index >= 15 is 0 Å². The van der Waals surface area contributed by atoms with Crippen LogP contribution in [-0.2, 0) is 11.2 Å². The molecule has 1 aliphatic rings. The zero-order valence-corrected chi connectivity index (χ0v) is 26.3. The van der Waals surface area contributed by atoms with E-state index in [1.54, 1.807) is 53.4 Å². The van der Waals surface area contributed by atoms with Crippen LogP contribution in [0.3, 0.4) is 0 Å². The maximum atomic E-state index is 13.7. The molecule has 1 saturated heterocycles. The van der Waals surface area contributed by atoms with Gasteiger partial charge in [0.15, 0.2) is 0 Å². The Balaban J connectivity index is 1.27. The highest BCUT2D eigenvalue weighted by atomic mass is 16.5. The molecule has 0 bridgehead atoms. The number of aromatic carboxylic acids is 2. The molecule has 1 fully saturated rings. The third-order valence-electron chi connectivity index (χ3n) is 7.91. The van der Waals surface area contributed by atoms with Crippen molar-refractivity contribution in [1.29, 1.82) is 0 Å². The lowest BCUT2D eigenvalue weighted by Crippen LogP contribution is -2.40. The van der Waals surface area contributed by atoms with Crippen molar-refractivity contribution in [3.63, 3.8) is 0 Å². The minimum atomic E-state index is -1.04. The number of carboxylic acids is 2. The van der Waals surface area contributed by atoms with Crippen LogP contribution in [0, 0.1) is 6.92 Å². The molecule has 0 aromatic heterocycles. The number of carbonyl (C=O) groups is 4. The Morgan fingerprint density at radius 3 is 2.06 bits per heavy atom. The van der Waals surface area contributed by atoms with Gasteiger partial charge in [-0.25, -0.2) is 14.4 Å². The molecule has 1 aliphatic heterocycles. The maximum absolute atomic E-state index is 13.7. The minimum absolute atomic E-state index is 0.0376. The monoisotopic (exact) mass is 653 g/mol. The topological polar surface area (TPSA) is 164 Å². The Morgan fingerprint density at radius 1 is 0.812 bits per heavy atom. The van der Waals surface area contributed by atoms with Gasteiger partial charge in [0.2, 0.25) is 5.91 Å². The molecule has 0 radical (unpaired) electrons. The fraction of sp³-hybridized carbons (Fsp3) is 0.222. The van der Waals surface area contributed by atoms with E-state index in [0.29, 0.717) is 40.6 Å². The van der Waals surface area contributed by atoms with E-state index in [1.807, 2.05) is 25.1 Å². The number of hydrogen-bond donors (Lipinski definition) is 4. The van der Waals surface area contributed by atoms with Gasteiger partial charge in [-0.2, -0.15) is 0 Å². The summed E-state index contributed by atoms with van der Waals surface area (Å²) < 4.78 is 17.6. The van der Waals surface area contributed by atoms with Crippen LogP contribution in [0.5, 0.6) is 17.2 Å². The van der Waals surface area contributed by atoms with Gasteiger partial charge in [0.1, 0.15) is 30.0 Å². The number of carbonyl (C=O) groups excluding carboxylic acids is 2. The van der Waals surface area contributed by atoms with Crippen LogP contribution in [0.25, 0.3) is 0 Å². The summed E-state index contributed by atoms with van der Waals surface area (Å²) in [7, 11) is 1.48. The highest BCUT2D eigenvalue weighted by Gasteiger charge is 2.37. The van der Waals surface area contributed by atoms with Crippen molar-refractivity contribution in [2.75, 3.05) is 30.9 Å². The van der Waals surface area contributed by atoms with Crippen LogP contribution in [0.15, 0.2) is 91.0 Å². The van der Waals surface area contributed by atoms with E-state index in [9.17, 15) is 29.4 Å². The lowest BCUT2D eigenvalue weighted by atomic mass is 10.1. The summed E-state index contributed by atoms with van der Waals surface area (Å²) in [6.45, 7) is 2.30. The smallest absolute Gasteiger partial charge is 0.335 e. The zero-order valence-electron chi connectivity index (χ0n) is 26.3. The molecule has 2 atom stereocenters. The van der Waals surface area contributed by atoms with Crippen LogP contribution < -0.4 is 24.8 Å².